The van der Waals surface area contributed by atoms with Crippen LogP contribution in [0.4, 0.5) is 5.82 Å². The summed E-state index contributed by atoms with van der Waals surface area (Å²) in [6.07, 6.45) is 5.11. The zero-order valence-corrected chi connectivity index (χ0v) is 11.9. The van der Waals surface area contributed by atoms with Crippen molar-refractivity contribution in [3.05, 3.63) is 42.7 Å². The summed E-state index contributed by atoms with van der Waals surface area (Å²) >= 11 is 0. The molecule has 22 heavy (non-hydrogen) atoms. The third-order valence-corrected chi connectivity index (χ3v) is 2.98. The Kier molecular flexibility index (Phi) is 3.90. The predicted octanol–water partition coefficient (Wildman–Crippen LogP) is 1.67. The molecule has 3 aromatic rings. The lowest BCUT2D eigenvalue weighted by Crippen LogP contribution is -2.15. The van der Waals surface area contributed by atoms with Crippen molar-refractivity contribution in [1.82, 2.24) is 24.9 Å². The van der Waals surface area contributed by atoms with Gasteiger partial charge in [0.05, 0.1) is 6.54 Å². The van der Waals surface area contributed by atoms with Crippen LogP contribution in [0.5, 0.6) is 0 Å². The van der Waals surface area contributed by atoms with Gasteiger partial charge in [-0.3, -0.25) is 9.78 Å². The highest BCUT2D eigenvalue weighted by molar-refractivity contribution is 5.89. The lowest BCUT2D eigenvalue weighted by Gasteiger charge is -2.05. The maximum atomic E-state index is 11.9. The largest absolute Gasteiger partial charge is 0.360 e. The molecule has 0 bridgehead atoms. The fourth-order valence-corrected chi connectivity index (χ4v) is 1.98. The molecule has 3 rings (SSSR count). The Morgan fingerprint density at radius 2 is 2.36 bits per heavy atom. The van der Waals surface area contributed by atoms with Crippen LogP contribution in [-0.4, -0.2) is 30.8 Å². The van der Waals surface area contributed by atoms with E-state index in [1.165, 1.54) is 6.33 Å². The van der Waals surface area contributed by atoms with E-state index in [4.69, 9.17) is 4.52 Å². The molecule has 3 heterocycles. The van der Waals surface area contributed by atoms with Crippen LogP contribution in [0.15, 0.2) is 41.4 Å². The summed E-state index contributed by atoms with van der Waals surface area (Å²) in [5.41, 5.74) is 0.854. The molecule has 0 aliphatic heterocycles. The fourth-order valence-electron chi connectivity index (χ4n) is 1.98. The van der Waals surface area contributed by atoms with Gasteiger partial charge in [-0.05, 0) is 19.1 Å². The number of pyridine rings is 1. The number of aromatic nitrogens is 5. The summed E-state index contributed by atoms with van der Waals surface area (Å²) < 4.78 is 6.56. The first-order valence-corrected chi connectivity index (χ1v) is 6.74. The summed E-state index contributed by atoms with van der Waals surface area (Å²) in [5, 5.41) is 10.5. The summed E-state index contributed by atoms with van der Waals surface area (Å²) in [6.45, 7) is 2.17. The SMILES string of the molecule is Cc1cc(NC(=O)CCn2ncnc2-c2cccnc2)no1. The third-order valence-electron chi connectivity index (χ3n) is 2.98. The molecule has 3 aromatic heterocycles. The van der Waals surface area contributed by atoms with Gasteiger partial charge in [0.1, 0.15) is 12.1 Å². The number of amides is 1. The minimum Gasteiger partial charge on any atom is -0.360 e. The molecule has 8 heteroatoms. The zero-order valence-electron chi connectivity index (χ0n) is 11.9. The van der Waals surface area contributed by atoms with E-state index in [0.29, 0.717) is 23.9 Å². The molecule has 8 nitrogen and oxygen atoms in total. The van der Waals surface area contributed by atoms with Crippen LogP contribution in [0.1, 0.15) is 12.2 Å². The molecule has 0 saturated carbocycles. The standard InChI is InChI=1S/C14H14N6O2/c1-10-7-12(19-22-10)18-13(21)4-6-20-14(16-9-17-20)11-3-2-5-15-8-11/h2-3,5,7-9H,4,6H2,1H3,(H,18,19,21). The van der Waals surface area contributed by atoms with Crippen LogP contribution in [-0.2, 0) is 11.3 Å². The monoisotopic (exact) mass is 298 g/mol. The van der Waals surface area contributed by atoms with Gasteiger partial charge in [-0.25, -0.2) is 9.67 Å². The first kappa shape index (κ1) is 13.9. The Morgan fingerprint density at radius 3 is 3.09 bits per heavy atom. The molecule has 1 amide bonds. The summed E-state index contributed by atoms with van der Waals surface area (Å²) in [4.78, 5) is 20.2. The lowest BCUT2D eigenvalue weighted by atomic mass is 10.2. The number of aryl methyl sites for hydroxylation is 2. The van der Waals surface area contributed by atoms with Crippen molar-refractivity contribution in [1.29, 1.82) is 0 Å². The van der Waals surface area contributed by atoms with Crippen LogP contribution in [0.3, 0.4) is 0 Å². The minimum absolute atomic E-state index is 0.166. The van der Waals surface area contributed by atoms with Gasteiger partial charge in [-0.1, -0.05) is 5.16 Å². The number of carbonyl (C=O) groups is 1. The van der Waals surface area contributed by atoms with Gasteiger partial charge in [0.2, 0.25) is 5.91 Å². The third kappa shape index (κ3) is 3.17. The van der Waals surface area contributed by atoms with Crippen molar-refractivity contribution in [2.24, 2.45) is 0 Å². The molecular formula is C14H14N6O2. The van der Waals surface area contributed by atoms with Crippen LogP contribution >= 0.6 is 0 Å². The van der Waals surface area contributed by atoms with Crippen molar-refractivity contribution in [3.63, 3.8) is 0 Å². The maximum absolute atomic E-state index is 11.9. The molecule has 0 saturated heterocycles. The number of anilines is 1. The minimum atomic E-state index is -0.166. The first-order chi connectivity index (χ1) is 10.7. The molecule has 112 valence electrons. The van der Waals surface area contributed by atoms with E-state index < -0.39 is 0 Å². The number of carbonyl (C=O) groups excluding carboxylic acids is 1. The maximum Gasteiger partial charge on any atom is 0.227 e. The second-order valence-corrected chi connectivity index (χ2v) is 4.67. The summed E-state index contributed by atoms with van der Waals surface area (Å²) in [6, 6.07) is 5.38. The Balaban J connectivity index is 1.63. The van der Waals surface area contributed by atoms with Gasteiger partial charge in [0.25, 0.3) is 0 Å². The topological polar surface area (TPSA) is 98.7 Å². The highest BCUT2D eigenvalue weighted by Gasteiger charge is 2.10. The Labute approximate surface area is 126 Å². The van der Waals surface area contributed by atoms with E-state index in [0.717, 1.165) is 5.56 Å². The van der Waals surface area contributed by atoms with Gasteiger partial charge >= 0.3 is 0 Å². The number of hydrogen-bond acceptors (Lipinski definition) is 6. The van der Waals surface area contributed by atoms with E-state index in [1.807, 2.05) is 12.1 Å². The second-order valence-electron chi connectivity index (χ2n) is 4.67. The molecule has 0 atom stereocenters. The lowest BCUT2D eigenvalue weighted by molar-refractivity contribution is -0.116. The summed E-state index contributed by atoms with van der Waals surface area (Å²) in [7, 11) is 0. The first-order valence-electron chi connectivity index (χ1n) is 6.74. The molecular weight excluding hydrogens is 284 g/mol. The van der Waals surface area contributed by atoms with Crippen molar-refractivity contribution >= 4 is 11.7 Å². The van der Waals surface area contributed by atoms with Crippen molar-refractivity contribution < 1.29 is 9.32 Å². The van der Waals surface area contributed by atoms with E-state index in [9.17, 15) is 4.79 Å². The average molecular weight is 298 g/mol. The smallest absolute Gasteiger partial charge is 0.227 e. The second kappa shape index (κ2) is 6.17. The average Bonchev–Trinajstić information content (AvgIpc) is 3.15. The number of nitrogens with zero attached hydrogens (tertiary/aromatic N) is 5. The normalized spacial score (nSPS) is 10.6. The van der Waals surface area contributed by atoms with Crippen LogP contribution in [0.2, 0.25) is 0 Å². The quantitative estimate of drug-likeness (QED) is 0.769. The molecule has 0 aliphatic carbocycles. The Bertz CT molecular complexity index is 765. The van der Waals surface area contributed by atoms with Crippen LogP contribution in [0, 0.1) is 6.92 Å². The highest BCUT2D eigenvalue weighted by Crippen LogP contribution is 2.14. The van der Waals surface area contributed by atoms with E-state index in [-0.39, 0.29) is 12.3 Å². The van der Waals surface area contributed by atoms with Crippen molar-refractivity contribution in [2.45, 2.75) is 19.9 Å². The molecule has 0 aromatic carbocycles. The van der Waals surface area contributed by atoms with E-state index >= 15 is 0 Å². The Hall–Kier alpha value is -3.03. The molecule has 0 fully saturated rings. The highest BCUT2D eigenvalue weighted by atomic mass is 16.5. The molecule has 0 unspecified atom stereocenters. The van der Waals surface area contributed by atoms with E-state index in [2.05, 4.69) is 25.5 Å². The number of hydrogen-bond donors (Lipinski definition) is 1. The van der Waals surface area contributed by atoms with E-state index in [1.54, 1.807) is 30.1 Å². The predicted molar refractivity (Wildman–Crippen MR) is 77.7 cm³/mol. The van der Waals surface area contributed by atoms with Gasteiger partial charge in [-0.2, -0.15) is 5.10 Å². The van der Waals surface area contributed by atoms with Gasteiger partial charge in [-0.15, -0.1) is 0 Å². The fraction of sp³-hybridized carbons (Fsp3) is 0.214. The molecule has 0 spiro atoms. The number of nitrogens with one attached hydrogen (secondary N) is 1. The molecule has 0 aliphatic rings. The zero-order chi connectivity index (χ0) is 15.4. The number of rotatable bonds is 5. The van der Waals surface area contributed by atoms with Crippen molar-refractivity contribution in [3.8, 4) is 11.4 Å². The van der Waals surface area contributed by atoms with Gasteiger partial charge in [0, 0.05) is 30.4 Å². The van der Waals surface area contributed by atoms with Crippen LogP contribution in [0.25, 0.3) is 11.4 Å². The van der Waals surface area contributed by atoms with Gasteiger partial charge < -0.3 is 9.84 Å². The molecule has 0 radical (unpaired) electrons. The molecule has 1 N–H and O–H groups in total. The van der Waals surface area contributed by atoms with Crippen molar-refractivity contribution in [2.75, 3.05) is 5.32 Å². The van der Waals surface area contributed by atoms with Gasteiger partial charge in [0.15, 0.2) is 11.6 Å². The summed E-state index contributed by atoms with van der Waals surface area (Å²) in [5.74, 6) is 1.57. The van der Waals surface area contributed by atoms with Crippen LogP contribution < -0.4 is 5.32 Å². The Morgan fingerprint density at radius 1 is 1.45 bits per heavy atom.